The number of hydrogen-bond acceptors (Lipinski definition) is 8. The number of rotatable bonds is 9. The quantitative estimate of drug-likeness (QED) is 0.180. The molecule has 0 atom stereocenters. The van der Waals surface area contributed by atoms with Crippen LogP contribution in [0.4, 0.5) is 10.1 Å². The maximum absolute atomic E-state index is 15.1. The summed E-state index contributed by atoms with van der Waals surface area (Å²) in [6.07, 6.45) is 0. The molecule has 0 unspecified atom stereocenters. The third-order valence-electron chi connectivity index (χ3n) is 5.77. The van der Waals surface area contributed by atoms with Gasteiger partial charge in [-0.05, 0) is 36.8 Å². The number of oxime groups is 1. The highest BCUT2D eigenvalue weighted by Crippen LogP contribution is 2.29. The number of esters is 1. The van der Waals surface area contributed by atoms with Crippen LogP contribution in [0, 0.1) is 12.7 Å². The Kier molecular flexibility index (Phi) is 8.35. The fraction of sp³-hybridized carbons (Fsp3) is 0.154. The van der Waals surface area contributed by atoms with E-state index in [2.05, 4.69) is 15.0 Å². The van der Waals surface area contributed by atoms with Crippen molar-refractivity contribution in [3.05, 3.63) is 105 Å². The third-order valence-corrected chi connectivity index (χ3v) is 7.47. The van der Waals surface area contributed by atoms with E-state index in [1.807, 2.05) is 0 Å². The number of nitrogens with one attached hydrogen (secondary N) is 1. The minimum atomic E-state index is -4.06. The molecular formula is C26H23ClFN5O6S. The van der Waals surface area contributed by atoms with E-state index in [0.717, 1.165) is 16.8 Å². The molecule has 0 radical (unpaired) electrons. The van der Waals surface area contributed by atoms with Crippen LogP contribution in [0.2, 0.25) is 5.02 Å². The van der Waals surface area contributed by atoms with Gasteiger partial charge in [0.2, 0.25) is 0 Å². The second-order valence-electron chi connectivity index (χ2n) is 8.30. The molecule has 1 aromatic heterocycles. The molecule has 0 saturated carbocycles. The molecule has 0 bridgehead atoms. The van der Waals surface area contributed by atoms with E-state index in [9.17, 15) is 18.0 Å². The molecule has 3 aromatic carbocycles. The normalized spacial score (nSPS) is 11.8. The standard InChI is InChI=1S/C26H23ClFN5O6S/c1-16-29-33(23-14-22(20(27)13-21(23)28)31-40(36,37)18-10-5-4-6-11-18)26(35)32(16)15-17-9-7-8-12-19(17)24(30-39-3)25(34)38-2/h4-14,31H,15H2,1-3H3/b30-24+. The number of sulfonamides is 1. The van der Waals surface area contributed by atoms with Gasteiger partial charge in [0.15, 0.2) is 11.5 Å². The summed E-state index contributed by atoms with van der Waals surface area (Å²) >= 11 is 6.14. The highest BCUT2D eigenvalue weighted by Gasteiger charge is 2.23. The summed E-state index contributed by atoms with van der Waals surface area (Å²) < 4.78 is 49.9. The van der Waals surface area contributed by atoms with Gasteiger partial charge in [-0.15, -0.1) is 0 Å². The predicted octanol–water partition coefficient (Wildman–Crippen LogP) is 3.51. The second kappa shape index (κ2) is 11.7. The van der Waals surface area contributed by atoms with Gasteiger partial charge in [-0.3, -0.25) is 9.29 Å². The first kappa shape index (κ1) is 28.5. The second-order valence-corrected chi connectivity index (χ2v) is 10.4. The molecule has 0 spiro atoms. The summed E-state index contributed by atoms with van der Waals surface area (Å²) in [5.74, 6) is -1.44. The summed E-state index contributed by atoms with van der Waals surface area (Å²) in [6.45, 7) is 1.47. The van der Waals surface area contributed by atoms with Gasteiger partial charge < -0.3 is 9.57 Å². The van der Waals surface area contributed by atoms with Crippen molar-refractivity contribution in [2.24, 2.45) is 5.16 Å². The Bertz CT molecular complexity index is 1770. The number of ether oxygens (including phenoxy) is 1. The molecule has 4 aromatic rings. The summed E-state index contributed by atoms with van der Waals surface area (Å²) in [6, 6.07) is 16.2. The fourth-order valence-electron chi connectivity index (χ4n) is 3.86. The molecule has 0 aliphatic heterocycles. The summed E-state index contributed by atoms with van der Waals surface area (Å²) in [5.41, 5.74) is -0.463. The molecule has 14 heteroatoms. The van der Waals surface area contributed by atoms with Gasteiger partial charge in [-0.1, -0.05) is 59.2 Å². The average Bonchev–Trinajstić information content (AvgIpc) is 3.21. The maximum Gasteiger partial charge on any atom is 0.360 e. The molecule has 40 heavy (non-hydrogen) atoms. The first-order chi connectivity index (χ1) is 19.1. The number of anilines is 1. The predicted molar refractivity (Wildman–Crippen MR) is 146 cm³/mol. The lowest BCUT2D eigenvalue weighted by atomic mass is 10.0. The fourth-order valence-corrected chi connectivity index (χ4v) is 5.20. The lowest BCUT2D eigenvalue weighted by Gasteiger charge is -2.12. The molecule has 4 rings (SSSR count). The Morgan fingerprint density at radius 3 is 2.45 bits per heavy atom. The SMILES string of the molecule is CO/N=C(/C(=O)OC)c1ccccc1Cn1c(C)nn(-c2cc(NS(=O)(=O)c3ccccc3)c(Cl)cc2F)c1=O. The molecule has 0 aliphatic rings. The van der Waals surface area contributed by atoms with Crippen molar-refractivity contribution in [3.8, 4) is 5.69 Å². The molecule has 0 amide bonds. The molecule has 0 saturated heterocycles. The van der Waals surface area contributed by atoms with E-state index < -0.39 is 27.5 Å². The number of carbonyl (C=O) groups is 1. The molecule has 0 fully saturated rings. The monoisotopic (exact) mass is 587 g/mol. The van der Waals surface area contributed by atoms with Crippen LogP contribution in [0.25, 0.3) is 5.69 Å². The Morgan fingerprint density at radius 2 is 1.77 bits per heavy atom. The minimum absolute atomic E-state index is 0.0313. The molecular weight excluding hydrogens is 565 g/mol. The van der Waals surface area contributed by atoms with Crippen LogP contribution in [0.15, 0.2) is 81.6 Å². The zero-order valence-corrected chi connectivity index (χ0v) is 23.0. The molecule has 1 N–H and O–H groups in total. The van der Waals surface area contributed by atoms with E-state index in [-0.39, 0.29) is 39.4 Å². The maximum atomic E-state index is 15.1. The lowest BCUT2D eigenvalue weighted by molar-refractivity contribution is -0.132. The lowest BCUT2D eigenvalue weighted by Crippen LogP contribution is -2.27. The third kappa shape index (κ3) is 5.75. The van der Waals surface area contributed by atoms with Gasteiger partial charge in [0.1, 0.15) is 18.6 Å². The van der Waals surface area contributed by atoms with Crippen LogP contribution in [0.5, 0.6) is 0 Å². The molecule has 0 aliphatic carbocycles. The van der Waals surface area contributed by atoms with E-state index >= 15 is 4.39 Å². The average molecular weight is 588 g/mol. The summed E-state index contributed by atoms with van der Waals surface area (Å²) in [4.78, 5) is 30.5. The number of nitrogens with zero attached hydrogens (tertiary/aromatic N) is 4. The Balaban J connectivity index is 1.75. The van der Waals surface area contributed by atoms with Crippen LogP contribution in [0.1, 0.15) is 17.0 Å². The smallest absolute Gasteiger partial charge is 0.360 e. The number of methoxy groups -OCH3 is 1. The van der Waals surface area contributed by atoms with Gasteiger partial charge in [-0.25, -0.2) is 22.4 Å². The topological polar surface area (TPSA) is 134 Å². The van der Waals surface area contributed by atoms with E-state index in [1.165, 1.54) is 37.8 Å². The van der Waals surface area contributed by atoms with E-state index in [1.54, 1.807) is 42.5 Å². The Labute approximate surface area is 233 Å². The first-order valence-corrected chi connectivity index (χ1v) is 13.4. The van der Waals surface area contributed by atoms with Crippen LogP contribution in [0.3, 0.4) is 0 Å². The minimum Gasteiger partial charge on any atom is -0.464 e. The van der Waals surface area contributed by atoms with E-state index in [4.69, 9.17) is 21.2 Å². The first-order valence-electron chi connectivity index (χ1n) is 11.6. The van der Waals surface area contributed by atoms with Gasteiger partial charge in [0.25, 0.3) is 10.0 Å². The Morgan fingerprint density at radius 1 is 1.10 bits per heavy atom. The van der Waals surface area contributed by atoms with E-state index in [0.29, 0.717) is 11.1 Å². The zero-order valence-electron chi connectivity index (χ0n) is 21.5. The summed E-state index contributed by atoms with van der Waals surface area (Å²) in [5, 5.41) is 7.73. The van der Waals surface area contributed by atoms with Gasteiger partial charge >= 0.3 is 11.7 Å². The number of aryl methyl sites for hydroxylation is 1. The van der Waals surface area contributed by atoms with Gasteiger partial charge in [0.05, 0.1) is 29.3 Å². The van der Waals surface area contributed by atoms with Crippen molar-refractivity contribution in [3.63, 3.8) is 0 Å². The van der Waals surface area contributed by atoms with Gasteiger partial charge in [0, 0.05) is 5.56 Å². The van der Waals surface area contributed by atoms with Crippen LogP contribution >= 0.6 is 11.6 Å². The van der Waals surface area contributed by atoms with Gasteiger partial charge in [-0.2, -0.15) is 9.78 Å². The Hall–Kier alpha value is -4.49. The molecule has 208 valence electrons. The highest BCUT2D eigenvalue weighted by molar-refractivity contribution is 7.92. The number of carbonyl (C=O) groups excluding carboxylic acids is 1. The number of hydrogen-bond donors (Lipinski definition) is 1. The number of aromatic nitrogens is 3. The summed E-state index contributed by atoms with van der Waals surface area (Å²) in [7, 11) is -1.58. The van der Waals surface area contributed by atoms with Crippen molar-refractivity contribution in [2.75, 3.05) is 18.9 Å². The van der Waals surface area contributed by atoms with Crippen molar-refractivity contribution >= 4 is 39.0 Å². The molecule has 1 heterocycles. The van der Waals surface area contributed by atoms with Crippen molar-refractivity contribution < 1.29 is 27.2 Å². The van der Waals surface area contributed by atoms with Crippen molar-refractivity contribution in [1.82, 2.24) is 14.3 Å². The van der Waals surface area contributed by atoms with Crippen molar-refractivity contribution in [2.45, 2.75) is 18.4 Å². The van der Waals surface area contributed by atoms with Crippen LogP contribution < -0.4 is 10.4 Å². The van der Waals surface area contributed by atoms with Crippen LogP contribution in [-0.2, 0) is 30.9 Å². The van der Waals surface area contributed by atoms with Crippen LogP contribution in [-0.4, -0.2) is 48.7 Å². The molecule has 11 nitrogen and oxygen atoms in total. The zero-order chi connectivity index (χ0) is 29.0. The number of halogens is 2. The van der Waals surface area contributed by atoms with Crippen molar-refractivity contribution in [1.29, 1.82) is 0 Å². The highest BCUT2D eigenvalue weighted by atomic mass is 35.5. The largest absolute Gasteiger partial charge is 0.464 e. The number of benzene rings is 3.